The molecule has 108 valence electrons. The maximum absolute atomic E-state index is 12.0. The van der Waals surface area contributed by atoms with E-state index in [2.05, 4.69) is 10.3 Å². The number of hydrogen-bond donors (Lipinski definition) is 3. The van der Waals surface area contributed by atoms with Crippen LogP contribution in [0.25, 0.3) is 0 Å². The molecule has 0 atom stereocenters. The minimum absolute atomic E-state index is 0.0533. The average Bonchev–Trinajstić information content (AvgIpc) is 2.43. The summed E-state index contributed by atoms with van der Waals surface area (Å²) >= 11 is 0. The summed E-state index contributed by atoms with van der Waals surface area (Å²) in [5.41, 5.74) is 1.88. The number of nitrogens with zero attached hydrogens (tertiary/aromatic N) is 1. The highest BCUT2D eigenvalue weighted by Gasteiger charge is 2.09. The monoisotopic (exact) mass is 286 g/mol. The lowest BCUT2D eigenvalue weighted by Gasteiger charge is -2.07. The summed E-state index contributed by atoms with van der Waals surface area (Å²) in [6, 6.07) is 7.76. The number of carboxylic acid groups (broad SMARTS) is 1. The number of aliphatic carboxylic acids is 1. The summed E-state index contributed by atoms with van der Waals surface area (Å²) in [5.74, 6) is -1.29. The number of nitrogens with one attached hydrogen (secondary N) is 1. The maximum Gasteiger partial charge on any atom is 0.309 e. The molecule has 6 nitrogen and oxygen atoms in total. The van der Waals surface area contributed by atoms with Crippen LogP contribution in [-0.2, 0) is 11.2 Å². The Bertz CT molecular complexity index is 681. The lowest BCUT2D eigenvalue weighted by Crippen LogP contribution is -2.12. The standard InChI is InChI=1S/C15H14N2O4/c1-9-2-3-10(6-13(9)18)15(21)17-12-5-4-11(16-8-12)7-14(19)20/h2-6,8,18H,7H2,1H3,(H,17,21)(H,19,20). The molecular weight excluding hydrogens is 272 g/mol. The molecule has 0 aliphatic rings. The van der Waals surface area contributed by atoms with Gasteiger partial charge in [0.05, 0.1) is 24.0 Å². The molecule has 0 saturated heterocycles. The van der Waals surface area contributed by atoms with Crippen LogP contribution in [0.15, 0.2) is 36.5 Å². The van der Waals surface area contributed by atoms with Crippen LogP contribution in [0.4, 0.5) is 5.69 Å². The Kier molecular flexibility index (Phi) is 4.18. The second-order valence-corrected chi connectivity index (χ2v) is 4.56. The van der Waals surface area contributed by atoms with Crippen molar-refractivity contribution in [2.24, 2.45) is 0 Å². The van der Waals surface area contributed by atoms with Crippen LogP contribution in [-0.4, -0.2) is 27.1 Å². The molecule has 0 saturated carbocycles. The van der Waals surface area contributed by atoms with Gasteiger partial charge in [-0.05, 0) is 36.8 Å². The molecule has 2 aromatic rings. The van der Waals surface area contributed by atoms with E-state index < -0.39 is 5.97 Å². The Labute approximate surface area is 121 Å². The van der Waals surface area contributed by atoms with Crippen molar-refractivity contribution in [1.29, 1.82) is 0 Å². The number of carboxylic acids is 1. The third-order valence-corrected chi connectivity index (χ3v) is 2.89. The normalized spacial score (nSPS) is 10.1. The fourth-order valence-electron chi connectivity index (χ4n) is 1.71. The smallest absolute Gasteiger partial charge is 0.309 e. The largest absolute Gasteiger partial charge is 0.508 e. The highest BCUT2D eigenvalue weighted by atomic mass is 16.4. The number of pyridine rings is 1. The lowest BCUT2D eigenvalue weighted by atomic mass is 10.1. The molecule has 1 amide bonds. The number of anilines is 1. The van der Waals surface area contributed by atoms with Crippen LogP contribution in [0.2, 0.25) is 0 Å². The van der Waals surface area contributed by atoms with Gasteiger partial charge in [-0.2, -0.15) is 0 Å². The number of phenols is 1. The van der Waals surface area contributed by atoms with Crippen molar-refractivity contribution < 1.29 is 19.8 Å². The zero-order valence-corrected chi connectivity index (χ0v) is 11.3. The molecule has 21 heavy (non-hydrogen) atoms. The number of phenolic OH excluding ortho intramolecular Hbond substituents is 1. The fourth-order valence-corrected chi connectivity index (χ4v) is 1.71. The third kappa shape index (κ3) is 3.79. The summed E-state index contributed by atoms with van der Waals surface area (Å²) < 4.78 is 0. The van der Waals surface area contributed by atoms with E-state index in [4.69, 9.17) is 5.11 Å². The van der Waals surface area contributed by atoms with E-state index in [0.717, 1.165) is 0 Å². The molecule has 0 radical (unpaired) electrons. The minimum atomic E-state index is -0.964. The number of hydrogen-bond acceptors (Lipinski definition) is 4. The van der Waals surface area contributed by atoms with Gasteiger partial charge >= 0.3 is 5.97 Å². The SMILES string of the molecule is Cc1ccc(C(=O)Nc2ccc(CC(=O)O)nc2)cc1O. The van der Waals surface area contributed by atoms with Crippen molar-refractivity contribution in [2.45, 2.75) is 13.3 Å². The molecule has 0 bridgehead atoms. The first-order valence-corrected chi connectivity index (χ1v) is 6.23. The Morgan fingerprint density at radius 1 is 1.24 bits per heavy atom. The van der Waals surface area contributed by atoms with Crippen LogP contribution in [0, 0.1) is 6.92 Å². The molecule has 2 rings (SSSR count). The Balaban J connectivity index is 2.08. The second kappa shape index (κ2) is 6.04. The number of benzene rings is 1. The van der Waals surface area contributed by atoms with E-state index in [1.165, 1.54) is 18.3 Å². The quantitative estimate of drug-likeness (QED) is 0.798. The van der Waals surface area contributed by atoms with E-state index >= 15 is 0 Å². The highest BCUT2D eigenvalue weighted by Crippen LogP contribution is 2.18. The highest BCUT2D eigenvalue weighted by molar-refractivity contribution is 6.04. The predicted molar refractivity (Wildman–Crippen MR) is 76.4 cm³/mol. The van der Waals surface area contributed by atoms with Crippen molar-refractivity contribution >= 4 is 17.6 Å². The topological polar surface area (TPSA) is 99.5 Å². The lowest BCUT2D eigenvalue weighted by molar-refractivity contribution is -0.136. The van der Waals surface area contributed by atoms with Crippen LogP contribution in [0.5, 0.6) is 5.75 Å². The van der Waals surface area contributed by atoms with Gasteiger partial charge < -0.3 is 15.5 Å². The van der Waals surface area contributed by atoms with Gasteiger partial charge in [-0.15, -0.1) is 0 Å². The number of aromatic hydroxyl groups is 1. The second-order valence-electron chi connectivity index (χ2n) is 4.56. The van der Waals surface area contributed by atoms with E-state index in [1.807, 2.05) is 0 Å². The first kappa shape index (κ1) is 14.5. The zero-order valence-electron chi connectivity index (χ0n) is 11.3. The number of aromatic nitrogens is 1. The molecule has 1 aromatic heterocycles. The Hall–Kier alpha value is -2.89. The van der Waals surface area contributed by atoms with Gasteiger partial charge in [0.1, 0.15) is 5.75 Å². The third-order valence-electron chi connectivity index (χ3n) is 2.89. The van der Waals surface area contributed by atoms with Crippen molar-refractivity contribution in [2.75, 3.05) is 5.32 Å². The molecule has 0 aliphatic carbocycles. The number of aryl methyl sites for hydroxylation is 1. The maximum atomic E-state index is 12.0. The minimum Gasteiger partial charge on any atom is -0.508 e. The predicted octanol–water partition coefficient (Wildman–Crippen LogP) is 1.98. The zero-order chi connectivity index (χ0) is 15.4. The molecule has 1 heterocycles. The van der Waals surface area contributed by atoms with Crippen molar-refractivity contribution in [3.05, 3.63) is 53.3 Å². The molecule has 0 spiro atoms. The Morgan fingerprint density at radius 2 is 2.00 bits per heavy atom. The van der Waals surface area contributed by atoms with Crippen molar-refractivity contribution in [1.82, 2.24) is 4.98 Å². The van der Waals surface area contributed by atoms with E-state index in [1.54, 1.807) is 25.1 Å². The number of carbonyl (C=O) groups is 2. The first-order chi connectivity index (χ1) is 9.95. The van der Waals surface area contributed by atoms with Gasteiger partial charge in [0.25, 0.3) is 5.91 Å². The summed E-state index contributed by atoms with van der Waals surface area (Å²) in [5, 5.41) is 20.9. The van der Waals surface area contributed by atoms with Gasteiger partial charge in [0.2, 0.25) is 0 Å². The molecule has 0 unspecified atom stereocenters. The first-order valence-electron chi connectivity index (χ1n) is 6.23. The van der Waals surface area contributed by atoms with Gasteiger partial charge in [-0.25, -0.2) is 0 Å². The van der Waals surface area contributed by atoms with Crippen LogP contribution in [0.3, 0.4) is 0 Å². The molecule has 0 aliphatic heterocycles. The van der Waals surface area contributed by atoms with E-state index in [9.17, 15) is 14.7 Å². The number of rotatable bonds is 4. The summed E-state index contributed by atoms with van der Waals surface area (Å²) in [7, 11) is 0. The molecule has 0 fully saturated rings. The van der Waals surface area contributed by atoms with Gasteiger partial charge in [0.15, 0.2) is 0 Å². The summed E-state index contributed by atoms with van der Waals surface area (Å²) in [6.07, 6.45) is 1.23. The van der Waals surface area contributed by atoms with Gasteiger partial charge in [-0.3, -0.25) is 14.6 Å². The Morgan fingerprint density at radius 3 is 2.57 bits per heavy atom. The van der Waals surface area contributed by atoms with Gasteiger partial charge in [-0.1, -0.05) is 6.07 Å². The van der Waals surface area contributed by atoms with Gasteiger partial charge in [0, 0.05) is 5.56 Å². The molecule has 6 heteroatoms. The summed E-state index contributed by atoms with van der Waals surface area (Å²) in [4.78, 5) is 26.5. The van der Waals surface area contributed by atoms with Crippen molar-refractivity contribution in [3.63, 3.8) is 0 Å². The number of amides is 1. The van der Waals surface area contributed by atoms with Crippen LogP contribution in [0.1, 0.15) is 21.6 Å². The summed E-state index contributed by atoms with van der Waals surface area (Å²) in [6.45, 7) is 1.74. The fraction of sp³-hybridized carbons (Fsp3) is 0.133. The van der Waals surface area contributed by atoms with E-state index in [-0.39, 0.29) is 18.1 Å². The molecule has 3 N–H and O–H groups in total. The van der Waals surface area contributed by atoms with Crippen LogP contribution < -0.4 is 5.32 Å². The van der Waals surface area contributed by atoms with Crippen LogP contribution >= 0.6 is 0 Å². The molecular formula is C15H14N2O4. The van der Waals surface area contributed by atoms with E-state index in [0.29, 0.717) is 22.5 Å². The average molecular weight is 286 g/mol. The molecule has 1 aromatic carbocycles. The van der Waals surface area contributed by atoms with Crippen molar-refractivity contribution in [3.8, 4) is 5.75 Å². The number of carbonyl (C=O) groups excluding carboxylic acids is 1.